The summed E-state index contributed by atoms with van der Waals surface area (Å²) >= 11 is 1.50. The summed E-state index contributed by atoms with van der Waals surface area (Å²) in [5, 5.41) is 6.58. The van der Waals surface area contributed by atoms with Gasteiger partial charge in [0, 0.05) is 10.6 Å². The predicted octanol–water partition coefficient (Wildman–Crippen LogP) is 4.11. The molecule has 28 heavy (non-hydrogen) atoms. The van der Waals surface area contributed by atoms with Crippen molar-refractivity contribution < 1.29 is 19.1 Å². The maximum absolute atomic E-state index is 12.5. The Morgan fingerprint density at radius 1 is 1.25 bits per heavy atom. The van der Waals surface area contributed by atoms with E-state index in [1.54, 1.807) is 14.0 Å². The van der Waals surface area contributed by atoms with Crippen LogP contribution in [0.5, 0.6) is 5.75 Å². The van der Waals surface area contributed by atoms with Gasteiger partial charge in [0.2, 0.25) is 5.91 Å². The number of esters is 1. The fourth-order valence-electron chi connectivity index (χ4n) is 3.32. The molecular weight excluding hydrogens is 376 g/mol. The van der Waals surface area contributed by atoms with Crippen molar-refractivity contribution in [2.24, 2.45) is 5.92 Å². The van der Waals surface area contributed by atoms with E-state index in [2.05, 4.69) is 17.6 Å². The number of carbonyl (C=O) groups excluding carboxylic acids is 2. The van der Waals surface area contributed by atoms with Gasteiger partial charge in [-0.15, -0.1) is 11.3 Å². The van der Waals surface area contributed by atoms with Crippen molar-refractivity contribution in [3.63, 3.8) is 0 Å². The molecule has 6 nitrogen and oxygen atoms in total. The fraction of sp³-hybridized carbons (Fsp3) is 0.429. The molecule has 0 unspecified atom stereocenters. The topological polar surface area (TPSA) is 76.7 Å². The Kier molecular flexibility index (Phi) is 6.57. The monoisotopic (exact) mass is 402 g/mol. The number of methoxy groups -OCH3 is 1. The van der Waals surface area contributed by atoms with Gasteiger partial charge in [0.25, 0.3) is 0 Å². The molecule has 1 atom stereocenters. The number of hydrogen-bond acceptors (Lipinski definition) is 6. The summed E-state index contributed by atoms with van der Waals surface area (Å²) in [7, 11) is 1.61. The first-order chi connectivity index (χ1) is 13.5. The number of thiophene rings is 1. The van der Waals surface area contributed by atoms with Crippen LogP contribution in [-0.2, 0) is 22.4 Å². The summed E-state index contributed by atoms with van der Waals surface area (Å²) in [5.74, 6) is 0.787. The molecule has 7 heteroatoms. The van der Waals surface area contributed by atoms with Crippen LogP contribution in [0.15, 0.2) is 24.3 Å². The molecule has 150 valence electrons. The van der Waals surface area contributed by atoms with E-state index in [0.717, 1.165) is 36.3 Å². The Bertz CT molecular complexity index is 845. The average molecular weight is 403 g/mol. The lowest BCUT2D eigenvalue weighted by Crippen LogP contribution is -2.22. The van der Waals surface area contributed by atoms with Crippen LogP contribution in [0.1, 0.15) is 41.1 Å². The third-order valence-electron chi connectivity index (χ3n) is 4.79. The van der Waals surface area contributed by atoms with Gasteiger partial charge in [-0.05, 0) is 61.9 Å². The Balaban J connectivity index is 1.71. The highest BCUT2D eigenvalue weighted by molar-refractivity contribution is 7.17. The van der Waals surface area contributed by atoms with E-state index in [1.165, 1.54) is 16.2 Å². The van der Waals surface area contributed by atoms with Gasteiger partial charge in [0.1, 0.15) is 10.8 Å². The van der Waals surface area contributed by atoms with Crippen molar-refractivity contribution in [3.05, 3.63) is 40.3 Å². The van der Waals surface area contributed by atoms with E-state index in [4.69, 9.17) is 9.47 Å². The van der Waals surface area contributed by atoms with Crippen LogP contribution in [0.2, 0.25) is 0 Å². The zero-order chi connectivity index (χ0) is 20.1. The highest BCUT2D eigenvalue weighted by Crippen LogP contribution is 2.40. The molecule has 2 aromatic rings. The molecule has 1 aromatic heterocycles. The molecule has 0 saturated carbocycles. The first-order valence-electron chi connectivity index (χ1n) is 9.51. The zero-order valence-corrected chi connectivity index (χ0v) is 17.3. The van der Waals surface area contributed by atoms with E-state index >= 15 is 0 Å². The zero-order valence-electron chi connectivity index (χ0n) is 16.5. The molecule has 3 rings (SSSR count). The van der Waals surface area contributed by atoms with E-state index in [-0.39, 0.29) is 18.4 Å². The third-order valence-corrected chi connectivity index (χ3v) is 5.96. The van der Waals surface area contributed by atoms with Crippen LogP contribution < -0.4 is 15.4 Å². The normalized spacial score (nSPS) is 15.5. The van der Waals surface area contributed by atoms with Crippen molar-refractivity contribution in [3.8, 4) is 5.75 Å². The maximum atomic E-state index is 12.5. The molecule has 1 heterocycles. The van der Waals surface area contributed by atoms with E-state index in [9.17, 15) is 9.59 Å². The van der Waals surface area contributed by atoms with Crippen molar-refractivity contribution >= 4 is 33.9 Å². The summed E-state index contributed by atoms with van der Waals surface area (Å²) < 4.78 is 10.4. The van der Waals surface area contributed by atoms with E-state index in [0.29, 0.717) is 23.1 Å². The van der Waals surface area contributed by atoms with Crippen molar-refractivity contribution in [2.45, 2.75) is 33.1 Å². The van der Waals surface area contributed by atoms with Gasteiger partial charge in [0.15, 0.2) is 0 Å². The Labute approximate surface area is 169 Å². The minimum Gasteiger partial charge on any atom is -0.497 e. The molecule has 1 aliphatic rings. The second-order valence-electron chi connectivity index (χ2n) is 6.91. The lowest BCUT2D eigenvalue weighted by molar-refractivity contribution is -0.114. The number of fused-ring (bicyclic) bond motifs is 1. The average Bonchev–Trinajstić information content (AvgIpc) is 3.03. The first kappa shape index (κ1) is 20.2. The molecule has 1 aromatic carbocycles. The number of ether oxygens (including phenoxy) is 2. The molecule has 2 N–H and O–H groups in total. The van der Waals surface area contributed by atoms with Crippen molar-refractivity contribution in [1.29, 1.82) is 0 Å². The summed E-state index contributed by atoms with van der Waals surface area (Å²) in [6.07, 6.45) is 2.83. The van der Waals surface area contributed by atoms with Crippen LogP contribution in [0, 0.1) is 5.92 Å². The smallest absolute Gasteiger partial charge is 0.341 e. The number of carbonyl (C=O) groups is 2. The Morgan fingerprint density at radius 3 is 2.68 bits per heavy atom. The van der Waals surface area contributed by atoms with Gasteiger partial charge in [-0.1, -0.05) is 6.92 Å². The molecule has 0 saturated heterocycles. The van der Waals surface area contributed by atoms with Crippen LogP contribution in [-0.4, -0.2) is 32.1 Å². The first-order valence-corrected chi connectivity index (χ1v) is 10.3. The second kappa shape index (κ2) is 9.10. The Hall–Kier alpha value is -2.54. The van der Waals surface area contributed by atoms with Crippen molar-refractivity contribution in [2.75, 3.05) is 30.9 Å². The van der Waals surface area contributed by atoms with Crippen LogP contribution in [0.4, 0.5) is 10.7 Å². The third kappa shape index (κ3) is 4.65. The fourth-order valence-corrected chi connectivity index (χ4v) is 4.74. The number of rotatable bonds is 7. The molecule has 0 fully saturated rings. The lowest BCUT2D eigenvalue weighted by atomic mass is 9.88. The van der Waals surface area contributed by atoms with Gasteiger partial charge in [0.05, 0.1) is 25.8 Å². The maximum Gasteiger partial charge on any atom is 0.341 e. The molecule has 0 bridgehead atoms. The largest absolute Gasteiger partial charge is 0.497 e. The number of hydrogen-bond donors (Lipinski definition) is 2. The second-order valence-corrected chi connectivity index (χ2v) is 8.01. The summed E-state index contributed by atoms with van der Waals surface area (Å²) in [6, 6.07) is 7.35. The van der Waals surface area contributed by atoms with Gasteiger partial charge in [-0.2, -0.15) is 0 Å². The molecule has 1 aliphatic carbocycles. The van der Waals surface area contributed by atoms with E-state index < -0.39 is 0 Å². The highest BCUT2D eigenvalue weighted by atomic mass is 32.1. The number of anilines is 2. The van der Waals surface area contributed by atoms with Gasteiger partial charge in [-0.3, -0.25) is 4.79 Å². The number of benzene rings is 1. The van der Waals surface area contributed by atoms with Gasteiger partial charge >= 0.3 is 5.97 Å². The molecule has 1 amide bonds. The number of amides is 1. The van der Waals surface area contributed by atoms with E-state index in [1.807, 2.05) is 24.3 Å². The van der Waals surface area contributed by atoms with Crippen LogP contribution >= 0.6 is 11.3 Å². The standard InChI is InChI=1S/C21H26N2O4S/c1-4-27-21(25)19-16-10-5-13(2)11-17(16)28-20(19)23-18(24)12-22-14-6-8-15(26-3)9-7-14/h6-9,13,22H,4-5,10-12H2,1-3H3,(H,23,24)/t13-/m0/s1. The van der Waals surface area contributed by atoms with Gasteiger partial charge in [-0.25, -0.2) is 4.79 Å². The molecule has 0 spiro atoms. The molecule has 0 aliphatic heterocycles. The summed E-state index contributed by atoms with van der Waals surface area (Å²) in [6.45, 7) is 4.42. The minimum absolute atomic E-state index is 0.105. The van der Waals surface area contributed by atoms with Crippen molar-refractivity contribution in [1.82, 2.24) is 0 Å². The minimum atomic E-state index is -0.354. The number of nitrogens with one attached hydrogen (secondary N) is 2. The van der Waals surface area contributed by atoms with Crippen LogP contribution in [0.25, 0.3) is 0 Å². The predicted molar refractivity (Wildman–Crippen MR) is 112 cm³/mol. The summed E-state index contributed by atoms with van der Waals surface area (Å²) in [5.41, 5.74) is 2.40. The van der Waals surface area contributed by atoms with Crippen LogP contribution in [0.3, 0.4) is 0 Å². The quantitative estimate of drug-likeness (QED) is 0.682. The molecule has 0 radical (unpaired) electrons. The van der Waals surface area contributed by atoms with Gasteiger partial charge < -0.3 is 20.1 Å². The summed E-state index contributed by atoms with van der Waals surface area (Å²) in [4.78, 5) is 26.2. The highest BCUT2D eigenvalue weighted by Gasteiger charge is 2.29. The SMILES string of the molecule is CCOC(=O)c1c(NC(=O)CNc2ccc(OC)cc2)sc2c1CC[C@H](C)C2. The lowest BCUT2D eigenvalue weighted by Gasteiger charge is -2.18. The Morgan fingerprint density at radius 2 is 2.00 bits per heavy atom. The molecular formula is C21H26N2O4S.